The SMILES string of the molecule is Cc1ncnc(N2CC3CN(Cc4cnn5c4COCC5)CC3C2)c1C. The molecular weight excluding hydrogens is 328 g/mol. The molecule has 26 heavy (non-hydrogen) atoms. The Labute approximate surface area is 154 Å². The van der Waals surface area contributed by atoms with Crippen molar-refractivity contribution in [2.75, 3.05) is 37.7 Å². The predicted octanol–water partition coefficient (Wildman–Crippen LogP) is 1.39. The van der Waals surface area contributed by atoms with E-state index in [2.05, 4.69) is 43.4 Å². The molecule has 2 saturated heterocycles. The van der Waals surface area contributed by atoms with Crippen molar-refractivity contribution in [1.82, 2.24) is 24.6 Å². The van der Waals surface area contributed by atoms with E-state index in [9.17, 15) is 0 Å². The van der Waals surface area contributed by atoms with E-state index >= 15 is 0 Å². The highest BCUT2D eigenvalue weighted by Gasteiger charge is 2.41. The van der Waals surface area contributed by atoms with Gasteiger partial charge in [0.05, 0.1) is 31.6 Å². The van der Waals surface area contributed by atoms with Crippen LogP contribution in [0.15, 0.2) is 12.5 Å². The fourth-order valence-corrected chi connectivity index (χ4v) is 4.74. The number of ether oxygens (including phenoxy) is 1. The molecule has 2 atom stereocenters. The van der Waals surface area contributed by atoms with Crippen LogP contribution in [0.1, 0.15) is 22.5 Å². The Balaban J connectivity index is 1.25. The quantitative estimate of drug-likeness (QED) is 0.830. The molecule has 2 fully saturated rings. The van der Waals surface area contributed by atoms with Crippen LogP contribution in [0.2, 0.25) is 0 Å². The number of rotatable bonds is 3. The van der Waals surface area contributed by atoms with Gasteiger partial charge in [-0.3, -0.25) is 9.58 Å². The molecule has 0 bridgehead atoms. The van der Waals surface area contributed by atoms with Gasteiger partial charge in [0.1, 0.15) is 12.1 Å². The maximum Gasteiger partial charge on any atom is 0.135 e. The van der Waals surface area contributed by atoms with E-state index in [1.54, 1.807) is 6.33 Å². The zero-order chi connectivity index (χ0) is 17.7. The fourth-order valence-electron chi connectivity index (χ4n) is 4.74. The first-order valence-corrected chi connectivity index (χ1v) is 9.56. The van der Waals surface area contributed by atoms with Crippen LogP contribution in [0.5, 0.6) is 0 Å². The summed E-state index contributed by atoms with van der Waals surface area (Å²) in [5, 5.41) is 4.53. The van der Waals surface area contributed by atoms with Gasteiger partial charge in [-0.05, 0) is 25.7 Å². The van der Waals surface area contributed by atoms with Gasteiger partial charge >= 0.3 is 0 Å². The number of likely N-dealkylation sites (tertiary alicyclic amines) is 1. The number of anilines is 1. The monoisotopic (exact) mass is 354 g/mol. The molecule has 7 nitrogen and oxygen atoms in total. The Morgan fingerprint density at radius 3 is 2.73 bits per heavy atom. The summed E-state index contributed by atoms with van der Waals surface area (Å²) in [4.78, 5) is 13.9. The third-order valence-corrected chi connectivity index (χ3v) is 6.29. The summed E-state index contributed by atoms with van der Waals surface area (Å²) in [5.41, 5.74) is 4.91. The second-order valence-corrected chi connectivity index (χ2v) is 7.92. The minimum atomic E-state index is 0.705. The van der Waals surface area contributed by atoms with Crippen LogP contribution in [-0.4, -0.2) is 57.4 Å². The summed E-state index contributed by atoms with van der Waals surface area (Å²) in [6.07, 6.45) is 3.74. The normalized spacial score (nSPS) is 25.5. The van der Waals surface area contributed by atoms with Gasteiger partial charge in [0.2, 0.25) is 0 Å². The molecular formula is C19H26N6O. The molecule has 5 rings (SSSR count). The molecule has 2 unspecified atom stereocenters. The first-order chi connectivity index (χ1) is 12.7. The maximum atomic E-state index is 5.62. The van der Waals surface area contributed by atoms with Crippen molar-refractivity contribution in [3.05, 3.63) is 35.0 Å². The molecule has 5 heterocycles. The van der Waals surface area contributed by atoms with Crippen LogP contribution >= 0.6 is 0 Å². The molecule has 2 aromatic rings. The van der Waals surface area contributed by atoms with Gasteiger partial charge in [-0.2, -0.15) is 5.10 Å². The minimum Gasteiger partial charge on any atom is -0.373 e. The van der Waals surface area contributed by atoms with E-state index in [0.29, 0.717) is 6.61 Å². The van der Waals surface area contributed by atoms with Gasteiger partial charge in [-0.25, -0.2) is 9.97 Å². The van der Waals surface area contributed by atoms with Crippen LogP contribution in [0.25, 0.3) is 0 Å². The first-order valence-electron chi connectivity index (χ1n) is 9.56. The zero-order valence-electron chi connectivity index (χ0n) is 15.6. The number of aromatic nitrogens is 4. The van der Waals surface area contributed by atoms with E-state index in [-0.39, 0.29) is 0 Å². The first kappa shape index (κ1) is 16.2. The number of nitrogens with zero attached hydrogens (tertiary/aromatic N) is 6. The highest BCUT2D eigenvalue weighted by atomic mass is 16.5. The van der Waals surface area contributed by atoms with Gasteiger partial charge in [-0.15, -0.1) is 0 Å². The second kappa shape index (κ2) is 6.32. The molecule has 0 aliphatic carbocycles. The standard InChI is InChI=1S/C19H26N6O/c1-13-14(2)20-12-21-19(13)24-9-16-7-23(8-17(16)10-24)6-15-5-22-25-3-4-26-11-18(15)25/h5,12,16-17H,3-4,6-11H2,1-2H3. The Kier molecular flexibility index (Phi) is 3.94. The maximum absolute atomic E-state index is 5.62. The van der Waals surface area contributed by atoms with Gasteiger partial charge in [0.15, 0.2) is 0 Å². The van der Waals surface area contributed by atoms with Gasteiger partial charge < -0.3 is 9.64 Å². The molecule has 0 radical (unpaired) electrons. The van der Waals surface area contributed by atoms with Crippen molar-refractivity contribution < 1.29 is 4.74 Å². The molecule has 7 heteroatoms. The van der Waals surface area contributed by atoms with Crippen LogP contribution in [-0.2, 0) is 24.4 Å². The lowest BCUT2D eigenvalue weighted by molar-refractivity contribution is 0.0788. The summed E-state index contributed by atoms with van der Waals surface area (Å²) in [7, 11) is 0. The summed E-state index contributed by atoms with van der Waals surface area (Å²) in [5.74, 6) is 2.58. The molecule has 0 saturated carbocycles. The van der Waals surface area contributed by atoms with Gasteiger partial charge in [0.25, 0.3) is 0 Å². The molecule has 0 N–H and O–H groups in total. The Hall–Kier alpha value is -1.99. The number of aryl methyl sites for hydroxylation is 1. The van der Waals surface area contributed by atoms with Crippen molar-refractivity contribution in [2.24, 2.45) is 11.8 Å². The Morgan fingerprint density at radius 1 is 1.12 bits per heavy atom. The average molecular weight is 354 g/mol. The molecule has 3 aliphatic heterocycles. The highest BCUT2D eigenvalue weighted by molar-refractivity contribution is 5.48. The smallest absolute Gasteiger partial charge is 0.135 e. The molecule has 138 valence electrons. The third kappa shape index (κ3) is 2.70. The Bertz CT molecular complexity index is 804. The zero-order valence-corrected chi connectivity index (χ0v) is 15.6. The van der Waals surface area contributed by atoms with Crippen molar-refractivity contribution in [1.29, 1.82) is 0 Å². The lowest BCUT2D eigenvalue weighted by Crippen LogP contribution is -2.30. The molecule has 0 amide bonds. The van der Waals surface area contributed by atoms with Crippen molar-refractivity contribution in [3.63, 3.8) is 0 Å². The minimum absolute atomic E-state index is 0.705. The third-order valence-electron chi connectivity index (χ3n) is 6.29. The van der Waals surface area contributed by atoms with Crippen molar-refractivity contribution >= 4 is 5.82 Å². The predicted molar refractivity (Wildman–Crippen MR) is 97.9 cm³/mol. The molecule has 2 aromatic heterocycles. The highest BCUT2D eigenvalue weighted by Crippen LogP contribution is 2.35. The molecule has 0 aromatic carbocycles. The van der Waals surface area contributed by atoms with E-state index in [1.165, 1.54) is 16.8 Å². The van der Waals surface area contributed by atoms with E-state index in [1.807, 2.05) is 6.20 Å². The van der Waals surface area contributed by atoms with E-state index in [4.69, 9.17) is 4.74 Å². The molecule has 3 aliphatic rings. The fraction of sp³-hybridized carbons (Fsp3) is 0.632. The second-order valence-electron chi connectivity index (χ2n) is 7.92. The summed E-state index contributed by atoms with van der Waals surface area (Å²) >= 11 is 0. The van der Waals surface area contributed by atoms with Crippen molar-refractivity contribution in [2.45, 2.75) is 33.5 Å². The average Bonchev–Trinajstić information content (AvgIpc) is 3.31. The number of hydrogen-bond acceptors (Lipinski definition) is 6. The van der Waals surface area contributed by atoms with Crippen LogP contribution < -0.4 is 4.90 Å². The molecule has 0 spiro atoms. The van der Waals surface area contributed by atoms with Gasteiger partial charge in [-0.1, -0.05) is 0 Å². The van der Waals surface area contributed by atoms with Crippen LogP contribution in [0.4, 0.5) is 5.82 Å². The largest absolute Gasteiger partial charge is 0.373 e. The topological polar surface area (TPSA) is 59.3 Å². The van der Waals surface area contributed by atoms with Crippen LogP contribution in [0.3, 0.4) is 0 Å². The van der Waals surface area contributed by atoms with Crippen molar-refractivity contribution in [3.8, 4) is 0 Å². The number of fused-ring (bicyclic) bond motifs is 2. The summed E-state index contributed by atoms with van der Waals surface area (Å²) < 4.78 is 7.73. The Morgan fingerprint density at radius 2 is 1.92 bits per heavy atom. The lowest BCUT2D eigenvalue weighted by Gasteiger charge is -2.24. The number of hydrogen-bond donors (Lipinski definition) is 0. The van der Waals surface area contributed by atoms with Gasteiger partial charge in [0, 0.05) is 49.5 Å². The summed E-state index contributed by atoms with van der Waals surface area (Å²) in [6.45, 7) is 12.1. The van der Waals surface area contributed by atoms with E-state index in [0.717, 1.165) is 69.2 Å². The summed E-state index contributed by atoms with van der Waals surface area (Å²) in [6, 6.07) is 0. The van der Waals surface area contributed by atoms with Crippen LogP contribution in [0, 0.1) is 25.7 Å². The lowest BCUT2D eigenvalue weighted by atomic mass is 10.0. The van der Waals surface area contributed by atoms with E-state index < -0.39 is 0 Å².